The first-order valence-corrected chi connectivity index (χ1v) is 11.5. The molecule has 10 heteroatoms. The summed E-state index contributed by atoms with van der Waals surface area (Å²) in [6.07, 6.45) is 3.51. The van der Waals surface area contributed by atoms with Crippen LogP contribution in [0.25, 0.3) is 0 Å². The number of amides is 1. The van der Waals surface area contributed by atoms with Crippen molar-refractivity contribution in [1.29, 1.82) is 0 Å². The lowest BCUT2D eigenvalue weighted by Crippen LogP contribution is -2.35. The zero-order chi connectivity index (χ0) is 22.0. The Hall–Kier alpha value is -1.97. The maximum atomic E-state index is 12.7. The molecular weight excluding hydrogens is 444 g/mol. The molecule has 162 valence electrons. The highest BCUT2D eigenvalue weighted by Crippen LogP contribution is 2.40. The third-order valence-corrected chi connectivity index (χ3v) is 6.80. The summed E-state index contributed by atoms with van der Waals surface area (Å²) in [7, 11) is 1.64. The molecule has 1 atom stereocenters. The summed E-state index contributed by atoms with van der Waals surface area (Å²) >= 11 is 13.0. The fourth-order valence-corrected chi connectivity index (χ4v) is 5.41. The molecular formula is C20H25ClN4O3S2. The molecule has 1 aliphatic carbocycles. The number of hydrogen-bond acceptors (Lipinski definition) is 6. The average molecular weight is 469 g/mol. The van der Waals surface area contributed by atoms with Crippen LogP contribution in [0.2, 0.25) is 5.02 Å². The summed E-state index contributed by atoms with van der Waals surface area (Å²) in [5.41, 5.74) is 2.34. The molecule has 0 radical (unpaired) electrons. The molecule has 0 saturated heterocycles. The van der Waals surface area contributed by atoms with Crippen LogP contribution in [0.3, 0.4) is 0 Å². The van der Waals surface area contributed by atoms with Gasteiger partial charge in [-0.3, -0.25) is 14.8 Å². The smallest absolute Gasteiger partial charge is 0.341 e. The van der Waals surface area contributed by atoms with Crippen LogP contribution in [-0.2, 0) is 24.6 Å². The molecule has 1 unspecified atom stereocenters. The van der Waals surface area contributed by atoms with Crippen LogP contribution < -0.4 is 10.6 Å². The van der Waals surface area contributed by atoms with Gasteiger partial charge in [0, 0.05) is 11.9 Å². The summed E-state index contributed by atoms with van der Waals surface area (Å²) in [6.45, 7) is 6.24. The lowest BCUT2D eigenvalue weighted by Gasteiger charge is -2.18. The SMILES string of the molecule is CCCOC(=O)c1c(NC(=S)NC(=O)c2c(Cl)c(C)nn2C)sc2c1CCC(C)C2. The van der Waals surface area contributed by atoms with E-state index in [2.05, 4.69) is 22.7 Å². The molecule has 1 aliphatic rings. The predicted octanol–water partition coefficient (Wildman–Crippen LogP) is 4.26. The third kappa shape index (κ3) is 4.68. The molecule has 3 rings (SSSR count). The van der Waals surface area contributed by atoms with Crippen molar-refractivity contribution in [2.45, 2.75) is 46.5 Å². The Morgan fingerprint density at radius 1 is 1.43 bits per heavy atom. The zero-order valence-corrected chi connectivity index (χ0v) is 19.8. The Morgan fingerprint density at radius 3 is 2.80 bits per heavy atom. The van der Waals surface area contributed by atoms with Gasteiger partial charge in [-0.15, -0.1) is 11.3 Å². The second-order valence-corrected chi connectivity index (χ2v) is 9.36. The van der Waals surface area contributed by atoms with E-state index in [0.717, 1.165) is 31.2 Å². The number of carbonyl (C=O) groups excluding carboxylic acids is 2. The molecule has 0 bridgehead atoms. The van der Waals surface area contributed by atoms with Crippen LogP contribution in [0.15, 0.2) is 0 Å². The maximum absolute atomic E-state index is 12.7. The number of nitrogens with one attached hydrogen (secondary N) is 2. The van der Waals surface area contributed by atoms with Crippen LogP contribution in [0.4, 0.5) is 5.00 Å². The minimum atomic E-state index is -0.467. The summed E-state index contributed by atoms with van der Waals surface area (Å²) in [4.78, 5) is 26.5. The van der Waals surface area contributed by atoms with Gasteiger partial charge >= 0.3 is 5.97 Å². The first-order chi connectivity index (χ1) is 14.2. The molecule has 0 spiro atoms. The summed E-state index contributed by atoms with van der Waals surface area (Å²) in [5, 5.41) is 10.8. The molecule has 0 saturated carbocycles. The third-order valence-electron chi connectivity index (χ3n) is 4.97. The fraction of sp³-hybridized carbons (Fsp3) is 0.500. The van der Waals surface area contributed by atoms with E-state index in [1.165, 1.54) is 20.9 Å². The molecule has 0 aromatic carbocycles. The molecule has 30 heavy (non-hydrogen) atoms. The van der Waals surface area contributed by atoms with Gasteiger partial charge in [-0.25, -0.2) is 4.79 Å². The standard InChI is InChI=1S/C20H25ClN4O3S2/c1-5-8-28-19(27)14-12-7-6-10(2)9-13(12)30-18(14)23-20(29)22-17(26)16-15(21)11(3)24-25(16)4/h10H,5-9H2,1-4H3,(H2,22,23,26,29). The van der Waals surface area contributed by atoms with Crippen LogP contribution in [0.5, 0.6) is 0 Å². The van der Waals surface area contributed by atoms with Crippen molar-refractivity contribution in [2.24, 2.45) is 13.0 Å². The second kappa shape index (κ2) is 9.45. The largest absolute Gasteiger partial charge is 0.462 e. The number of thiocarbonyl (C=S) groups is 1. The molecule has 0 aliphatic heterocycles. The summed E-state index contributed by atoms with van der Waals surface area (Å²) in [6, 6.07) is 0. The van der Waals surface area contributed by atoms with E-state index >= 15 is 0 Å². The highest BCUT2D eigenvalue weighted by molar-refractivity contribution is 7.80. The molecule has 2 heterocycles. The van der Waals surface area contributed by atoms with E-state index in [1.807, 2.05) is 6.92 Å². The number of thiophene rings is 1. The number of carbonyl (C=O) groups is 2. The van der Waals surface area contributed by atoms with Crippen molar-refractivity contribution < 1.29 is 14.3 Å². The number of ether oxygens (including phenoxy) is 1. The van der Waals surface area contributed by atoms with Crippen molar-refractivity contribution in [1.82, 2.24) is 15.1 Å². The van der Waals surface area contributed by atoms with E-state index < -0.39 is 5.91 Å². The van der Waals surface area contributed by atoms with Crippen LogP contribution >= 0.6 is 35.2 Å². The summed E-state index contributed by atoms with van der Waals surface area (Å²) < 4.78 is 6.81. The first kappa shape index (κ1) is 22.7. The Bertz CT molecular complexity index is 999. The number of aryl methyl sites for hydroxylation is 2. The van der Waals surface area contributed by atoms with E-state index in [9.17, 15) is 9.59 Å². The Balaban J connectivity index is 1.82. The van der Waals surface area contributed by atoms with Gasteiger partial charge in [0.1, 0.15) is 10.7 Å². The monoisotopic (exact) mass is 468 g/mol. The van der Waals surface area contributed by atoms with Gasteiger partial charge in [0.05, 0.1) is 22.9 Å². The number of halogens is 1. The van der Waals surface area contributed by atoms with Crippen molar-refractivity contribution >= 4 is 57.1 Å². The zero-order valence-electron chi connectivity index (χ0n) is 17.4. The van der Waals surface area contributed by atoms with Gasteiger partial charge < -0.3 is 10.1 Å². The van der Waals surface area contributed by atoms with Gasteiger partial charge in [-0.05, 0) is 56.3 Å². The quantitative estimate of drug-likeness (QED) is 0.503. The van der Waals surface area contributed by atoms with Crippen molar-refractivity contribution in [2.75, 3.05) is 11.9 Å². The lowest BCUT2D eigenvalue weighted by atomic mass is 9.88. The molecule has 7 nitrogen and oxygen atoms in total. The number of fused-ring (bicyclic) bond motifs is 1. The van der Waals surface area contributed by atoms with E-state index in [1.54, 1.807) is 14.0 Å². The number of hydrogen-bond donors (Lipinski definition) is 2. The fourth-order valence-electron chi connectivity index (χ4n) is 3.50. The predicted molar refractivity (Wildman–Crippen MR) is 123 cm³/mol. The second-order valence-electron chi connectivity index (χ2n) is 7.47. The topological polar surface area (TPSA) is 85.2 Å². The number of rotatable bonds is 5. The Labute approximate surface area is 190 Å². The Kier molecular flexibility index (Phi) is 7.15. The number of esters is 1. The number of aromatic nitrogens is 2. The highest BCUT2D eigenvalue weighted by atomic mass is 35.5. The van der Waals surface area contributed by atoms with Crippen molar-refractivity contribution in [3.8, 4) is 0 Å². The van der Waals surface area contributed by atoms with Gasteiger partial charge in [0.25, 0.3) is 5.91 Å². The lowest BCUT2D eigenvalue weighted by molar-refractivity contribution is 0.0505. The molecule has 1 amide bonds. The van der Waals surface area contributed by atoms with Gasteiger partial charge in [-0.2, -0.15) is 5.10 Å². The minimum Gasteiger partial charge on any atom is -0.462 e. The maximum Gasteiger partial charge on any atom is 0.341 e. The van der Waals surface area contributed by atoms with E-state index in [-0.39, 0.29) is 21.8 Å². The highest BCUT2D eigenvalue weighted by Gasteiger charge is 2.29. The van der Waals surface area contributed by atoms with Crippen molar-refractivity contribution in [3.05, 3.63) is 32.4 Å². The average Bonchev–Trinajstić information content (AvgIpc) is 3.14. The molecule has 2 aromatic rings. The summed E-state index contributed by atoms with van der Waals surface area (Å²) in [5.74, 6) is -0.262. The molecule has 2 aromatic heterocycles. The van der Waals surface area contributed by atoms with Crippen LogP contribution in [-0.4, -0.2) is 33.4 Å². The van der Waals surface area contributed by atoms with Crippen LogP contribution in [0, 0.1) is 12.8 Å². The normalized spacial score (nSPS) is 15.4. The number of anilines is 1. The molecule has 2 N–H and O–H groups in total. The van der Waals surface area contributed by atoms with Gasteiger partial charge in [0.15, 0.2) is 5.11 Å². The Morgan fingerprint density at radius 2 is 2.17 bits per heavy atom. The van der Waals surface area contributed by atoms with Crippen molar-refractivity contribution in [3.63, 3.8) is 0 Å². The van der Waals surface area contributed by atoms with Crippen LogP contribution in [0.1, 0.15) is 63.7 Å². The van der Waals surface area contributed by atoms with Gasteiger partial charge in [0.2, 0.25) is 0 Å². The van der Waals surface area contributed by atoms with E-state index in [0.29, 0.717) is 28.8 Å². The first-order valence-electron chi connectivity index (χ1n) is 9.85. The number of nitrogens with zero attached hydrogens (tertiary/aromatic N) is 2. The molecule has 0 fully saturated rings. The van der Waals surface area contributed by atoms with E-state index in [4.69, 9.17) is 28.6 Å². The minimum absolute atomic E-state index is 0.0890. The van der Waals surface area contributed by atoms with Gasteiger partial charge in [-0.1, -0.05) is 25.4 Å².